The molecule has 2 saturated heterocycles. The molecule has 3 heterocycles. The number of nitrogens with one attached hydrogen (secondary N) is 2. The van der Waals surface area contributed by atoms with Gasteiger partial charge >= 0.3 is 12.1 Å². The number of nitrogens with zero attached hydrogens (tertiary/aromatic N) is 2. The van der Waals surface area contributed by atoms with Crippen LogP contribution in [0.25, 0.3) is 0 Å². The van der Waals surface area contributed by atoms with Crippen molar-refractivity contribution in [2.75, 3.05) is 39.4 Å². The molecule has 2 aromatic rings. The van der Waals surface area contributed by atoms with Gasteiger partial charge in [0.1, 0.15) is 6.04 Å². The number of carboxylic acid groups (broad SMARTS) is 1. The van der Waals surface area contributed by atoms with Crippen molar-refractivity contribution in [1.29, 1.82) is 0 Å². The molecule has 3 aliphatic rings. The second kappa shape index (κ2) is 16.3. The van der Waals surface area contributed by atoms with E-state index < -0.39 is 18.2 Å². The first-order chi connectivity index (χ1) is 22.3. The molecule has 0 aliphatic carbocycles. The van der Waals surface area contributed by atoms with Gasteiger partial charge in [-0.3, -0.25) is 14.5 Å². The molecule has 5 rings (SSSR count). The van der Waals surface area contributed by atoms with E-state index in [1.54, 1.807) is 0 Å². The fourth-order valence-corrected chi connectivity index (χ4v) is 6.96. The molecule has 3 aliphatic heterocycles. The molecule has 2 amide bonds. The highest BCUT2D eigenvalue weighted by Crippen LogP contribution is 2.35. The van der Waals surface area contributed by atoms with E-state index in [4.69, 9.17) is 26.2 Å². The lowest BCUT2D eigenvalue weighted by atomic mass is 9.80. The van der Waals surface area contributed by atoms with E-state index >= 15 is 0 Å². The van der Waals surface area contributed by atoms with Gasteiger partial charge in [-0.2, -0.15) is 13.2 Å². The van der Waals surface area contributed by atoms with E-state index in [1.165, 1.54) is 5.56 Å². The minimum absolute atomic E-state index is 0.00683. The van der Waals surface area contributed by atoms with E-state index in [0.717, 1.165) is 63.2 Å². The van der Waals surface area contributed by atoms with Crippen LogP contribution >= 0.6 is 11.6 Å². The van der Waals surface area contributed by atoms with Crippen LogP contribution in [0.5, 0.6) is 0 Å². The molecule has 258 valence electrons. The summed E-state index contributed by atoms with van der Waals surface area (Å²) in [4.78, 5) is 40.7. The first kappa shape index (κ1) is 36.6. The summed E-state index contributed by atoms with van der Waals surface area (Å²) in [6.45, 7) is 10.0. The quantitative estimate of drug-likeness (QED) is 0.343. The van der Waals surface area contributed by atoms with E-state index in [-0.39, 0.29) is 23.4 Å². The highest BCUT2D eigenvalue weighted by atomic mass is 35.5. The van der Waals surface area contributed by atoms with Crippen molar-refractivity contribution < 1.29 is 37.4 Å². The molecule has 1 unspecified atom stereocenters. The summed E-state index contributed by atoms with van der Waals surface area (Å²) < 4.78 is 37.4. The smallest absolute Gasteiger partial charge is 0.475 e. The molecule has 2 aromatic carbocycles. The van der Waals surface area contributed by atoms with Crippen molar-refractivity contribution in [3.05, 3.63) is 70.2 Å². The molecule has 9 nitrogen and oxygen atoms in total. The van der Waals surface area contributed by atoms with Crippen molar-refractivity contribution >= 4 is 29.4 Å². The minimum atomic E-state index is -5.08. The monoisotopic (exact) mass is 680 g/mol. The Morgan fingerprint density at radius 1 is 1.04 bits per heavy atom. The van der Waals surface area contributed by atoms with Crippen molar-refractivity contribution in [3.8, 4) is 0 Å². The number of ether oxygens (including phenoxy) is 1. The number of alkyl halides is 3. The van der Waals surface area contributed by atoms with Crippen LogP contribution in [0, 0.1) is 5.92 Å². The van der Waals surface area contributed by atoms with Gasteiger partial charge in [-0.1, -0.05) is 61.8 Å². The fourth-order valence-electron chi connectivity index (χ4n) is 6.84. The molecule has 0 aromatic heterocycles. The molecule has 13 heteroatoms. The summed E-state index contributed by atoms with van der Waals surface area (Å²) in [7, 11) is 0. The maximum Gasteiger partial charge on any atom is 0.490 e. The second-order valence-corrected chi connectivity index (χ2v) is 13.3. The molecular weight excluding hydrogens is 637 g/mol. The molecule has 0 bridgehead atoms. The van der Waals surface area contributed by atoms with Gasteiger partial charge in [0.2, 0.25) is 11.8 Å². The summed E-state index contributed by atoms with van der Waals surface area (Å²) in [6.07, 6.45) is -1.10. The molecule has 2 fully saturated rings. The van der Waals surface area contributed by atoms with Crippen molar-refractivity contribution in [2.45, 2.75) is 76.3 Å². The molecule has 3 N–H and O–H groups in total. The SMILES string of the molecule is CC(C)CC1(N2CCN(C(=O)[C@@H](Cc3ccc(Cl)cc3)NC(=O)CC3NCc4ccccc43)CC2)CCOCC1.O=C(O)C(F)(F)F. The number of piperazine rings is 1. The minimum Gasteiger partial charge on any atom is -0.475 e. The lowest BCUT2D eigenvalue weighted by Crippen LogP contribution is -2.62. The molecule has 0 radical (unpaired) electrons. The zero-order valence-electron chi connectivity index (χ0n) is 26.8. The third-order valence-electron chi connectivity index (χ3n) is 9.06. The Balaban J connectivity index is 0.000000644. The highest BCUT2D eigenvalue weighted by Gasteiger charge is 2.41. The van der Waals surface area contributed by atoms with Gasteiger partial charge in [-0.15, -0.1) is 0 Å². The van der Waals surface area contributed by atoms with Gasteiger partial charge in [0.25, 0.3) is 0 Å². The number of carbonyl (C=O) groups is 3. The highest BCUT2D eigenvalue weighted by molar-refractivity contribution is 6.30. The number of fused-ring (bicyclic) bond motifs is 1. The predicted octanol–water partition coefficient (Wildman–Crippen LogP) is 4.97. The first-order valence-corrected chi connectivity index (χ1v) is 16.4. The lowest BCUT2D eigenvalue weighted by Gasteiger charge is -2.50. The second-order valence-electron chi connectivity index (χ2n) is 12.8. The average Bonchev–Trinajstić information content (AvgIpc) is 3.44. The molecular formula is C34H44ClF3N4O5. The number of amides is 2. The molecule has 47 heavy (non-hydrogen) atoms. The zero-order valence-corrected chi connectivity index (χ0v) is 27.6. The van der Waals surface area contributed by atoms with Gasteiger partial charge in [0.05, 0.1) is 0 Å². The Hall–Kier alpha value is -3.19. The third-order valence-corrected chi connectivity index (χ3v) is 9.31. The maximum atomic E-state index is 13.9. The van der Waals surface area contributed by atoms with Crippen LogP contribution in [0.15, 0.2) is 48.5 Å². The summed E-state index contributed by atoms with van der Waals surface area (Å²) in [6, 6.07) is 15.1. The largest absolute Gasteiger partial charge is 0.490 e. The van der Waals surface area contributed by atoms with E-state index in [1.807, 2.05) is 41.3 Å². The number of hydrogen-bond acceptors (Lipinski definition) is 6. The van der Waals surface area contributed by atoms with Crippen LogP contribution in [-0.4, -0.2) is 89.8 Å². The lowest BCUT2D eigenvalue weighted by molar-refractivity contribution is -0.192. The average molecular weight is 681 g/mol. The van der Waals surface area contributed by atoms with Crippen LogP contribution in [0.3, 0.4) is 0 Å². The first-order valence-electron chi connectivity index (χ1n) is 16.0. The van der Waals surface area contributed by atoms with Gasteiger partial charge < -0.3 is 25.4 Å². The van der Waals surface area contributed by atoms with E-state index in [9.17, 15) is 22.8 Å². The Labute approximate surface area is 278 Å². The Morgan fingerprint density at radius 2 is 1.66 bits per heavy atom. The number of aliphatic carboxylic acids is 1. The van der Waals surface area contributed by atoms with Gasteiger partial charge in [0, 0.05) is 75.4 Å². The zero-order chi connectivity index (χ0) is 34.2. The predicted molar refractivity (Wildman–Crippen MR) is 172 cm³/mol. The standard InChI is InChI=1S/C32H43ClN4O3.C2HF3O2/c1-23(2)21-32(11-17-40-18-12-32)37-15-13-36(14-16-37)31(39)29(19-24-7-9-26(33)10-8-24)35-30(38)20-28-27-6-4-3-5-25(27)22-34-28;3-2(4,5)1(6)7/h3-10,23,28-29,34H,11-22H2,1-2H3,(H,35,38);(H,6,7)/t28?,29-;/m1./s1. The number of halogens is 4. The fraction of sp³-hybridized carbons (Fsp3) is 0.559. The van der Waals surface area contributed by atoms with Crippen LogP contribution in [0.2, 0.25) is 5.02 Å². The Kier molecular flexibility index (Phi) is 12.7. The van der Waals surface area contributed by atoms with Crippen LogP contribution < -0.4 is 10.6 Å². The number of carboxylic acids is 1. The summed E-state index contributed by atoms with van der Waals surface area (Å²) in [5, 5.41) is 14.3. The van der Waals surface area contributed by atoms with Crippen LogP contribution in [-0.2, 0) is 32.1 Å². The maximum absolute atomic E-state index is 13.9. The summed E-state index contributed by atoms with van der Waals surface area (Å²) >= 11 is 6.11. The summed E-state index contributed by atoms with van der Waals surface area (Å²) in [5.41, 5.74) is 3.52. The Bertz CT molecular complexity index is 1360. The molecule has 0 saturated carbocycles. The molecule has 0 spiro atoms. The molecule has 2 atom stereocenters. The number of rotatable bonds is 9. The van der Waals surface area contributed by atoms with Gasteiger partial charge in [-0.05, 0) is 54.0 Å². The van der Waals surface area contributed by atoms with Gasteiger partial charge in [0.15, 0.2) is 0 Å². The number of hydrogen-bond donors (Lipinski definition) is 3. The topological polar surface area (TPSA) is 111 Å². The van der Waals surface area contributed by atoms with E-state index in [2.05, 4.69) is 41.5 Å². The van der Waals surface area contributed by atoms with Gasteiger partial charge in [-0.25, -0.2) is 4.79 Å². The normalized spacial score (nSPS) is 20.1. The van der Waals surface area contributed by atoms with Crippen LogP contribution in [0.1, 0.15) is 62.3 Å². The van der Waals surface area contributed by atoms with E-state index in [0.29, 0.717) is 36.9 Å². The number of carbonyl (C=O) groups excluding carboxylic acids is 2. The Morgan fingerprint density at radius 3 is 2.26 bits per heavy atom. The third kappa shape index (κ3) is 10.2. The van der Waals surface area contributed by atoms with Crippen LogP contribution in [0.4, 0.5) is 13.2 Å². The van der Waals surface area contributed by atoms with Crippen molar-refractivity contribution in [3.63, 3.8) is 0 Å². The van der Waals surface area contributed by atoms with Crippen molar-refractivity contribution in [2.24, 2.45) is 5.92 Å². The van der Waals surface area contributed by atoms with Crippen molar-refractivity contribution in [1.82, 2.24) is 20.4 Å². The number of benzene rings is 2. The summed E-state index contributed by atoms with van der Waals surface area (Å²) in [5.74, 6) is -2.27.